The van der Waals surface area contributed by atoms with Crippen molar-refractivity contribution in [3.05, 3.63) is 64.7 Å². The number of carbonyl (C=O) groups excluding carboxylic acids is 1. The molecule has 2 amide bonds. The third kappa shape index (κ3) is 4.68. The van der Waals surface area contributed by atoms with Gasteiger partial charge in [-0.3, -0.25) is 4.79 Å². The highest BCUT2D eigenvalue weighted by Crippen LogP contribution is 2.19. The number of hydrogen-bond acceptors (Lipinski definition) is 4. The molecule has 2 heterocycles. The highest BCUT2D eigenvalue weighted by atomic mass is 19.1. The molecule has 1 aliphatic heterocycles. The number of aromatic nitrogens is 2. The molecule has 0 unspecified atom stereocenters. The number of anilines is 2. The van der Waals surface area contributed by atoms with Crippen LogP contribution in [0.2, 0.25) is 0 Å². The number of rotatable bonds is 5. The minimum absolute atomic E-state index is 0.00461. The molecule has 0 bridgehead atoms. The highest BCUT2D eigenvalue weighted by Gasteiger charge is 2.24. The summed E-state index contributed by atoms with van der Waals surface area (Å²) in [5.41, 5.74) is 2.13. The minimum atomic E-state index is -0.348. The van der Waals surface area contributed by atoms with E-state index in [1.165, 1.54) is 24.3 Å². The average Bonchev–Trinajstić information content (AvgIpc) is 2.78. The SMILES string of the molecule is CCCn1c(=O)c(N2CCC(NC(=O)Nc3ccc(F)cc3)CC2)nc2ccccc21. The maximum absolute atomic E-state index is 13.1. The number of para-hydroxylation sites is 2. The van der Waals surface area contributed by atoms with Crippen molar-refractivity contribution in [3.8, 4) is 0 Å². The van der Waals surface area contributed by atoms with Gasteiger partial charge in [-0.1, -0.05) is 19.1 Å². The van der Waals surface area contributed by atoms with Gasteiger partial charge in [-0.15, -0.1) is 0 Å². The second-order valence-corrected chi connectivity index (χ2v) is 7.75. The molecule has 2 N–H and O–H groups in total. The van der Waals surface area contributed by atoms with Crippen LogP contribution in [0.1, 0.15) is 26.2 Å². The quantitative estimate of drug-likeness (QED) is 0.655. The van der Waals surface area contributed by atoms with Crippen molar-refractivity contribution in [2.24, 2.45) is 0 Å². The lowest BCUT2D eigenvalue weighted by Crippen LogP contribution is -2.47. The van der Waals surface area contributed by atoms with E-state index in [0.29, 0.717) is 44.0 Å². The average molecular weight is 423 g/mol. The van der Waals surface area contributed by atoms with E-state index in [-0.39, 0.29) is 23.4 Å². The molecule has 1 fully saturated rings. The first-order valence-electron chi connectivity index (χ1n) is 10.6. The molecule has 0 aliphatic carbocycles. The molecule has 7 nitrogen and oxygen atoms in total. The second-order valence-electron chi connectivity index (χ2n) is 7.75. The molecule has 162 valence electrons. The van der Waals surface area contributed by atoms with E-state index in [1.807, 2.05) is 29.2 Å². The second kappa shape index (κ2) is 9.16. The first-order chi connectivity index (χ1) is 15.0. The van der Waals surface area contributed by atoms with Crippen LogP contribution >= 0.6 is 0 Å². The summed E-state index contributed by atoms with van der Waals surface area (Å²) in [5.74, 6) is 0.125. The fraction of sp³-hybridized carbons (Fsp3) is 0.348. The lowest BCUT2D eigenvalue weighted by molar-refractivity contribution is 0.246. The Kier molecular flexibility index (Phi) is 6.16. The van der Waals surface area contributed by atoms with Gasteiger partial charge in [0.2, 0.25) is 0 Å². The van der Waals surface area contributed by atoms with Crippen LogP contribution in [0.3, 0.4) is 0 Å². The predicted molar refractivity (Wildman–Crippen MR) is 120 cm³/mol. The number of carbonyl (C=O) groups is 1. The number of halogens is 1. The van der Waals surface area contributed by atoms with Crippen LogP contribution in [0.5, 0.6) is 0 Å². The van der Waals surface area contributed by atoms with Crippen molar-refractivity contribution in [3.63, 3.8) is 0 Å². The molecule has 8 heteroatoms. The van der Waals surface area contributed by atoms with Crippen molar-refractivity contribution in [2.75, 3.05) is 23.3 Å². The van der Waals surface area contributed by atoms with E-state index in [0.717, 1.165) is 17.5 Å². The molecule has 4 rings (SSSR count). The molecule has 0 atom stereocenters. The van der Waals surface area contributed by atoms with Gasteiger partial charge in [0.25, 0.3) is 5.56 Å². The number of piperidine rings is 1. The van der Waals surface area contributed by atoms with E-state index in [2.05, 4.69) is 22.5 Å². The van der Waals surface area contributed by atoms with Crippen molar-refractivity contribution in [2.45, 2.75) is 38.8 Å². The Bertz CT molecular complexity index is 1120. The number of fused-ring (bicyclic) bond motifs is 1. The van der Waals surface area contributed by atoms with Gasteiger partial charge in [0.15, 0.2) is 5.82 Å². The third-order valence-electron chi connectivity index (χ3n) is 5.51. The Morgan fingerprint density at radius 1 is 1.13 bits per heavy atom. The van der Waals surface area contributed by atoms with Gasteiger partial charge in [-0.2, -0.15) is 0 Å². The molecule has 1 saturated heterocycles. The normalized spacial score (nSPS) is 14.6. The number of aryl methyl sites for hydroxylation is 1. The van der Waals surface area contributed by atoms with Crippen LogP contribution in [-0.4, -0.2) is 34.7 Å². The summed E-state index contributed by atoms with van der Waals surface area (Å²) in [6.45, 7) is 3.97. The molecule has 1 aromatic heterocycles. The molecule has 0 radical (unpaired) electrons. The Morgan fingerprint density at radius 3 is 2.55 bits per heavy atom. The number of nitrogens with zero attached hydrogens (tertiary/aromatic N) is 3. The number of amides is 2. The molecule has 1 aliphatic rings. The summed E-state index contributed by atoms with van der Waals surface area (Å²) in [6.07, 6.45) is 2.28. The Balaban J connectivity index is 1.42. The minimum Gasteiger partial charge on any atom is -0.352 e. The zero-order chi connectivity index (χ0) is 21.8. The third-order valence-corrected chi connectivity index (χ3v) is 5.51. The van der Waals surface area contributed by atoms with Gasteiger partial charge in [-0.25, -0.2) is 14.2 Å². The highest BCUT2D eigenvalue weighted by molar-refractivity contribution is 5.89. The summed E-state index contributed by atoms with van der Waals surface area (Å²) in [6, 6.07) is 13.0. The van der Waals surface area contributed by atoms with Crippen molar-refractivity contribution in [1.82, 2.24) is 14.9 Å². The molecule has 31 heavy (non-hydrogen) atoms. The van der Waals surface area contributed by atoms with E-state index in [9.17, 15) is 14.0 Å². The first kappa shape index (κ1) is 20.8. The number of benzene rings is 2. The topological polar surface area (TPSA) is 79.3 Å². The summed E-state index contributed by atoms with van der Waals surface area (Å²) in [4.78, 5) is 32.0. The van der Waals surface area contributed by atoms with Gasteiger partial charge in [0, 0.05) is 31.4 Å². The van der Waals surface area contributed by atoms with Crippen LogP contribution in [0.25, 0.3) is 11.0 Å². The van der Waals surface area contributed by atoms with Crippen LogP contribution < -0.4 is 21.1 Å². The van der Waals surface area contributed by atoms with E-state index >= 15 is 0 Å². The Labute approximate surface area is 179 Å². The molecule has 2 aromatic carbocycles. The van der Waals surface area contributed by atoms with Gasteiger partial charge in [-0.05, 0) is 55.7 Å². The van der Waals surface area contributed by atoms with Gasteiger partial charge in [0.1, 0.15) is 5.82 Å². The molecular formula is C23H26FN5O2. The van der Waals surface area contributed by atoms with Crippen LogP contribution in [0.4, 0.5) is 20.7 Å². The molecule has 0 spiro atoms. The predicted octanol–water partition coefficient (Wildman–Crippen LogP) is 3.74. The van der Waals surface area contributed by atoms with E-state index in [4.69, 9.17) is 0 Å². The zero-order valence-electron chi connectivity index (χ0n) is 17.5. The standard InChI is InChI=1S/C23H26FN5O2/c1-2-13-29-20-6-4-3-5-19(20)27-21(22(29)30)28-14-11-18(12-15-28)26-23(31)25-17-9-7-16(24)8-10-17/h3-10,18H,2,11-15H2,1H3,(H2,25,26,31). The van der Waals surface area contributed by atoms with Crippen molar-refractivity contribution in [1.29, 1.82) is 0 Å². The van der Waals surface area contributed by atoms with Crippen LogP contribution in [0, 0.1) is 5.82 Å². The zero-order valence-corrected chi connectivity index (χ0v) is 17.5. The Hall–Kier alpha value is -3.42. The van der Waals surface area contributed by atoms with Gasteiger partial charge < -0.3 is 20.1 Å². The Morgan fingerprint density at radius 2 is 1.84 bits per heavy atom. The maximum atomic E-state index is 13.1. The maximum Gasteiger partial charge on any atom is 0.319 e. The lowest BCUT2D eigenvalue weighted by atomic mass is 10.1. The summed E-state index contributed by atoms with van der Waals surface area (Å²) in [5, 5.41) is 5.67. The van der Waals surface area contributed by atoms with E-state index in [1.54, 1.807) is 4.57 Å². The number of urea groups is 1. The summed E-state index contributed by atoms with van der Waals surface area (Å²) < 4.78 is 14.8. The lowest BCUT2D eigenvalue weighted by Gasteiger charge is -2.33. The molecular weight excluding hydrogens is 397 g/mol. The molecule has 3 aromatic rings. The van der Waals surface area contributed by atoms with Crippen molar-refractivity contribution < 1.29 is 9.18 Å². The van der Waals surface area contributed by atoms with Crippen molar-refractivity contribution >= 4 is 28.6 Å². The molecule has 0 saturated carbocycles. The van der Waals surface area contributed by atoms with Gasteiger partial charge in [0.05, 0.1) is 11.0 Å². The fourth-order valence-corrected chi connectivity index (χ4v) is 3.95. The summed E-state index contributed by atoms with van der Waals surface area (Å²) >= 11 is 0. The summed E-state index contributed by atoms with van der Waals surface area (Å²) in [7, 11) is 0. The number of nitrogens with one attached hydrogen (secondary N) is 2. The smallest absolute Gasteiger partial charge is 0.319 e. The van der Waals surface area contributed by atoms with Crippen LogP contribution in [-0.2, 0) is 6.54 Å². The monoisotopic (exact) mass is 423 g/mol. The largest absolute Gasteiger partial charge is 0.352 e. The first-order valence-corrected chi connectivity index (χ1v) is 10.6. The number of hydrogen-bond donors (Lipinski definition) is 2. The van der Waals surface area contributed by atoms with Gasteiger partial charge >= 0.3 is 6.03 Å². The van der Waals surface area contributed by atoms with E-state index < -0.39 is 0 Å². The fourth-order valence-electron chi connectivity index (χ4n) is 3.95. The van der Waals surface area contributed by atoms with Crippen LogP contribution in [0.15, 0.2) is 53.3 Å².